The van der Waals surface area contributed by atoms with Crippen molar-refractivity contribution in [2.24, 2.45) is 5.92 Å². The number of aliphatic hydroxyl groups excluding tert-OH is 1. The maximum absolute atomic E-state index is 12.8. The second-order valence-electron chi connectivity index (χ2n) is 5.24. The molecule has 0 aromatic heterocycles. The van der Waals surface area contributed by atoms with Gasteiger partial charge >= 0.3 is 6.18 Å². The normalized spacial score (nSPS) is 19.1. The first kappa shape index (κ1) is 15.9. The summed E-state index contributed by atoms with van der Waals surface area (Å²) in [5.74, 6) is -0.314. The first-order chi connectivity index (χ1) is 9.30. The van der Waals surface area contributed by atoms with E-state index in [4.69, 9.17) is 0 Å². The fourth-order valence-corrected chi connectivity index (χ4v) is 3.36. The third-order valence-corrected chi connectivity index (χ3v) is 4.66. The number of alkyl halides is 3. The highest BCUT2D eigenvalue weighted by molar-refractivity contribution is 14.1. The maximum Gasteiger partial charge on any atom is 0.416 e. The van der Waals surface area contributed by atoms with Crippen LogP contribution in [0.3, 0.4) is 0 Å². The molecule has 2 N–H and O–H groups in total. The summed E-state index contributed by atoms with van der Waals surface area (Å²) in [5, 5.41) is 20.3. The van der Waals surface area contributed by atoms with E-state index in [1.165, 1.54) is 0 Å². The van der Waals surface area contributed by atoms with E-state index in [2.05, 4.69) is 0 Å². The smallest absolute Gasteiger partial charge is 0.416 e. The van der Waals surface area contributed by atoms with Crippen molar-refractivity contribution in [3.8, 4) is 5.75 Å². The average Bonchev–Trinajstić information content (AvgIpc) is 2.40. The van der Waals surface area contributed by atoms with Crippen LogP contribution < -0.4 is 0 Å². The SMILES string of the molecule is Oc1c(I)cc(C(F)(F)F)cc1C(O)C1CCCCC1. The molecule has 2 rings (SSSR count). The van der Waals surface area contributed by atoms with Gasteiger partial charge in [-0.2, -0.15) is 13.2 Å². The first-order valence-corrected chi connectivity index (χ1v) is 7.66. The molecule has 1 aromatic carbocycles. The molecule has 1 aliphatic carbocycles. The Labute approximate surface area is 129 Å². The molecule has 1 aromatic rings. The number of aromatic hydroxyl groups is 1. The number of hydrogen-bond acceptors (Lipinski definition) is 2. The Balaban J connectivity index is 2.36. The Hall–Kier alpha value is -0.500. The third kappa shape index (κ3) is 3.39. The fraction of sp³-hybridized carbons (Fsp3) is 0.571. The molecule has 1 fully saturated rings. The Morgan fingerprint density at radius 2 is 1.75 bits per heavy atom. The molecule has 0 bridgehead atoms. The van der Waals surface area contributed by atoms with Gasteiger partial charge in [-0.1, -0.05) is 19.3 Å². The summed E-state index contributed by atoms with van der Waals surface area (Å²) in [7, 11) is 0. The molecule has 20 heavy (non-hydrogen) atoms. The Morgan fingerprint density at radius 1 is 1.15 bits per heavy atom. The van der Waals surface area contributed by atoms with Crippen LogP contribution in [-0.4, -0.2) is 10.2 Å². The van der Waals surface area contributed by atoms with Crippen LogP contribution in [0.5, 0.6) is 5.75 Å². The van der Waals surface area contributed by atoms with Crippen LogP contribution in [0.4, 0.5) is 13.2 Å². The lowest BCUT2D eigenvalue weighted by molar-refractivity contribution is -0.137. The molecule has 0 radical (unpaired) electrons. The molecule has 0 amide bonds. The first-order valence-electron chi connectivity index (χ1n) is 6.58. The summed E-state index contributed by atoms with van der Waals surface area (Å²) in [6.45, 7) is 0. The van der Waals surface area contributed by atoms with Crippen molar-refractivity contribution in [2.45, 2.75) is 44.4 Å². The number of hydrogen-bond donors (Lipinski definition) is 2. The highest BCUT2D eigenvalue weighted by atomic mass is 127. The lowest BCUT2D eigenvalue weighted by Gasteiger charge is -2.28. The molecular weight excluding hydrogens is 384 g/mol. The zero-order chi connectivity index (χ0) is 14.9. The number of phenols is 1. The van der Waals surface area contributed by atoms with Crippen molar-refractivity contribution in [2.75, 3.05) is 0 Å². The van der Waals surface area contributed by atoms with Gasteiger partial charge in [0.1, 0.15) is 5.75 Å². The Morgan fingerprint density at radius 3 is 2.30 bits per heavy atom. The molecule has 2 nitrogen and oxygen atoms in total. The summed E-state index contributed by atoms with van der Waals surface area (Å²) in [6, 6.07) is 1.77. The second kappa shape index (κ2) is 6.09. The van der Waals surface area contributed by atoms with Gasteiger partial charge in [0, 0.05) is 5.56 Å². The van der Waals surface area contributed by atoms with Gasteiger partial charge in [0.15, 0.2) is 0 Å². The van der Waals surface area contributed by atoms with Gasteiger partial charge in [-0.05, 0) is 53.5 Å². The summed E-state index contributed by atoms with van der Waals surface area (Å²) in [5.41, 5.74) is -0.833. The van der Waals surface area contributed by atoms with Crippen molar-refractivity contribution in [1.82, 2.24) is 0 Å². The van der Waals surface area contributed by atoms with Gasteiger partial charge in [-0.25, -0.2) is 0 Å². The number of benzene rings is 1. The summed E-state index contributed by atoms with van der Waals surface area (Å²) < 4.78 is 38.6. The minimum Gasteiger partial charge on any atom is -0.506 e. The van der Waals surface area contributed by atoms with E-state index < -0.39 is 17.8 Å². The Bertz CT molecular complexity index is 482. The quantitative estimate of drug-likeness (QED) is 0.711. The lowest BCUT2D eigenvalue weighted by Crippen LogP contribution is -2.17. The van der Waals surface area contributed by atoms with Gasteiger partial charge < -0.3 is 10.2 Å². The van der Waals surface area contributed by atoms with Crippen LogP contribution in [0.15, 0.2) is 12.1 Å². The van der Waals surface area contributed by atoms with Crippen LogP contribution in [0.2, 0.25) is 0 Å². The zero-order valence-electron chi connectivity index (χ0n) is 10.8. The lowest BCUT2D eigenvalue weighted by atomic mass is 9.82. The maximum atomic E-state index is 12.8. The van der Waals surface area contributed by atoms with Gasteiger partial charge in [-0.3, -0.25) is 0 Å². The number of halogens is 4. The van der Waals surface area contributed by atoms with Gasteiger partial charge in [0.2, 0.25) is 0 Å². The Kier molecular flexibility index (Phi) is 4.84. The second-order valence-corrected chi connectivity index (χ2v) is 6.40. The monoisotopic (exact) mass is 400 g/mol. The van der Waals surface area contributed by atoms with Crippen molar-refractivity contribution in [3.63, 3.8) is 0 Å². The molecule has 0 aliphatic heterocycles. The van der Waals surface area contributed by atoms with Crippen LogP contribution in [0.25, 0.3) is 0 Å². The van der Waals surface area contributed by atoms with E-state index in [1.54, 1.807) is 22.6 Å². The number of aliphatic hydroxyl groups is 1. The zero-order valence-corrected chi connectivity index (χ0v) is 12.9. The largest absolute Gasteiger partial charge is 0.506 e. The van der Waals surface area contributed by atoms with Crippen LogP contribution in [0.1, 0.15) is 49.3 Å². The minimum absolute atomic E-state index is 0.00359. The van der Waals surface area contributed by atoms with E-state index >= 15 is 0 Å². The molecule has 6 heteroatoms. The fourth-order valence-electron chi connectivity index (χ4n) is 2.71. The van der Waals surface area contributed by atoms with E-state index in [0.717, 1.165) is 44.2 Å². The van der Waals surface area contributed by atoms with E-state index in [0.29, 0.717) is 0 Å². The van der Waals surface area contributed by atoms with Gasteiger partial charge in [0.25, 0.3) is 0 Å². The predicted octanol–water partition coefficient (Wildman–Crippen LogP) is 4.63. The molecule has 112 valence electrons. The van der Waals surface area contributed by atoms with E-state index in [1.807, 2.05) is 0 Å². The van der Waals surface area contributed by atoms with E-state index in [-0.39, 0.29) is 20.8 Å². The van der Waals surface area contributed by atoms with Crippen molar-refractivity contribution in [1.29, 1.82) is 0 Å². The van der Waals surface area contributed by atoms with Gasteiger partial charge in [0.05, 0.1) is 15.2 Å². The predicted molar refractivity (Wildman–Crippen MR) is 77.4 cm³/mol. The highest BCUT2D eigenvalue weighted by Gasteiger charge is 2.34. The molecule has 0 heterocycles. The molecule has 1 unspecified atom stereocenters. The topological polar surface area (TPSA) is 40.5 Å². The summed E-state index contributed by atoms with van der Waals surface area (Å²) in [4.78, 5) is 0. The molecule has 0 saturated heterocycles. The minimum atomic E-state index is -4.48. The van der Waals surface area contributed by atoms with Crippen LogP contribution in [-0.2, 0) is 6.18 Å². The third-order valence-electron chi connectivity index (χ3n) is 3.84. The highest BCUT2D eigenvalue weighted by Crippen LogP contribution is 2.42. The molecule has 1 saturated carbocycles. The summed E-state index contributed by atoms with van der Waals surface area (Å²) >= 11 is 1.66. The summed E-state index contributed by atoms with van der Waals surface area (Å²) in [6.07, 6.45) is -0.909. The molecular formula is C14H16F3IO2. The van der Waals surface area contributed by atoms with Crippen LogP contribution in [0, 0.1) is 9.49 Å². The van der Waals surface area contributed by atoms with Crippen molar-refractivity contribution < 1.29 is 23.4 Å². The molecule has 1 atom stereocenters. The van der Waals surface area contributed by atoms with E-state index in [9.17, 15) is 23.4 Å². The van der Waals surface area contributed by atoms with Crippen molar-refractivity contribution >= 4 is 22.6 Å². The number of phenolic OH excluding ortho intramolecular Hbond substituents is 1. The average molecular weight is 400 g/mol. The molecule has 1 aliphatic rings. The number of rotatable bonds is 2. The van der Waals surface area contributed by atoms with Gasteiger partial charge in [-0.15, -0.1) is 0 Å². The standard InChI is InChI=1S/C14H16F3IO2/c15-14(16,17)9-6-10(13(20)11(18)7-9)12(19)8-4-2-1-3-5-8/h6-8,12,19-20H,1-5H2. The van der Waals surface area contributed by atoms with Crippen LogP contribution >= 0.6 is 22.6 Å². The van der Waals surface area contributed by atoms with Crippen molar-refractivity contribution in [3.05, 3.63) is 26.8 Å². The molecule has 0 spiro atoms.